The molecule has 3 rings (SSSR count). The molecule has 0 aromatic heterocycles. The van der Waals surface area contributed by atoms with Crippen LogP contribution in [0.25, 0.3) is 0 Å². The Bertz CT molecular complexity index is 802. The van der Waals surface area contributed by atoms with Gasteiger partial charge in [-0.2, -0.15) is 5.10 Å². The molecule has 0 atom stereocenters. The van der Waals surface area contributed by atoms with E-state index in [1.165, 1.54) is 22.0 Å². The number of rotatable bonds is 2. The Labute approximate surface area is 149 Å². The zero-order valence-corrected chi connectivity index (χ0v) is 15.9. The minimum atomic E-state index is -0.105. The van der Waals surface area contributed by atoms with E-state index >= 15 is 0 Å². The second-order valence-electron chi connectivity index (χ2n) is 7.17. The van der Waals surface area contributed by atoms with Gasteiger partial charge < -0.3 is 9.80 Å². The van der Waals surface area contributed by atoms with Crippen molar-refractivity contribution < 1.29 is 4.79 Å². The Morgan fingerprint density at radius 2 is 1.88 bits per heavy atom. The summed E-state index contributed by atoms with van der Waals surface area (Å²) in [6.07, 6.45) is 3.99. The van der Waals surface area contributed by atoms with E-state index in [4.69, 9.17) is 0 Å². The van der Waals surface area contributed by atoms with Crippen LogP contribution in [0, 0.1) is 0 Å². The number of benzene rings is 1. The van der Waals surface area contributed by atoms with Crippen LogP contribution in [0.3, 0.4) is 0 Å². The van der Waals surface area contributed by atoms with Crippen LogP contribution in [0.4, 0.5) is 5.69 Å². The average molecular weight is 338 g/mol. The molecule has 0 N–H and O–H groups in total. The molecule has 25 heavy (non-hydrogen) atoms. The van der Waals surface area contributed by atoms with E-state index in [2.05, 4.69) is 61.1 Å². The maximum Gasteiger partial charge on any atom is 0.277 e. The summed E-state index contributed by atoms with van der Waals surface area (Å²) >= 11 is 0. The molecule has 0 radical (unpaired) electrons. The van der Waals surface area contributed by atoms with Crippen molar-refractivity contribution in [3.63, 3.8) is 0 Å². The Hall–Kier alpha value is -2.56. The van der Waals surface area contributed by atoms with Crippen molar-refractivity contribution in [1.82, 2.24) is 9.91 Å². The molecule has 132 valence electrons. The lowest BCUT2D eigenvalue weighted by molar-refractivity contribution is -0.124. The van der Waals surface area contributed by atoms with Crippen molar-refractivity contribution in [1.29, 1.82) is 0 Å². The molecule has 0 fully saturated rings. The number of para-hydroxylation sites is 1. The first-order chi connectivity index (χ1) is 11.8. The van der Waals surface area contributed by atoms with Gasteiger partial charge in [-0.25, -0.2) is 5.01 Å². The van der Waals surface area contributed by atoms with Crippen molar-refractivity contribution in [2.75, 3.05) is 32.6 Å². The number of carbonyl (C=O) groups excluding carboxylic acids is 1. The summed E-state index contributed by atoms with van der Waals surface area (Å²) in [5, 5.41) is 5.72. The van der Waals surface area contributed by atoms with Crippen molar-refractivity contribution in [2.45, 2.75) is 26.2 Å². The lowest BCUT2D eigenvalue weighted by Gasteiger charge is -2.26. The SMILES string of the molecule is CCN1/C(=C\C=C2\C(=O)N(C)N=C2N(C)C)C(C)(C)c2ccccc21. The maximum absolute atomic E-state index is 12.4. The monoisotopic (exact) mass is 338 g/mol. The predicted molar refractivity (Wildman–Crippen MR) is 103 cm³/mol. The fourth-order valence-corrected chi connectivity index (χ4v) is 3.63. The molecule has 1 amide bonds. The van der Waals surface area contributed by atoms with E-state index in [1.807, 2.05) is 25.1 Å². The van der Waals surface area contributed by atoms with Crippen LogP contribution in [-0.2, 0) is 10.2 Å². The molecular weight excluding hydrogens is 312 g/mol. The maximum atomic E-state index is 12.4. The number of hydrogen-bond acceptors (Lipinski definition) is 4. The number of hydrogen-bond donors (Lipinski definition) is 0. The number of fused-ring (bicyclic) bond motifs is 1. The van der Waals surface area contributed by atoms with Crippen molar-refractivity contribution >= 4 is 17.4 Å². The topological polar surface area (TPSA) is 39.2 Å². The van der Waals surface area contributed by atoms with E-state index in [1.54, 1.807) is 7.05 Å². The summed E-state index contributed by atoms with van der Waals surface area (Å²) in [6, 6.07) is 8.51. The van der Waals surface area contributed by atoms with Gasteiger partial charge in [-0.1, -0.05) is 32.0 Å². The van der Waals surface area contributed by atoms with Gasteiger partial charge in [0.05, 0.1) is 5.57 Å². The van der Waals surface area contributed by atoms with Crippen LogP contribution in [0.1, 0.15) is 26.3 Å². The van der Waals surface area contributed by atoms with Crippen molar-refractivity contribution in [2.24, 2.45) is 5.10 Å². The summed E-state index contributed by atoms with van der Waals surface area (Å²) in [4.78, 5) is 16.6. The van der Waals surface area contributed by atoms with Gasteiger partial charge in [0.25, 0.3) is 5.91 Å². The Morgan fingerprint density at radius 1 is 1.20 bits per heavy atom. The van der Waals surface area contributed by atoms with Gasteiger partial charge in [-0.15, -0.1) is 0 Å². The molecule has 2 heterocycles. The third-order valence-corrected chi connectivity index (χ3v) is 4.96. The van der Waals surface area contributed by atoms with Gasteiger partial charge in [-0.05, 0) is 30.7 Å². The first-order valence-corrected chi connectivity index (χ1v) is 8.63. The van der Waals surface area contributed by atoms with Crippen LogP contribution < -0.4 is 4.90 Å². The highest BCUT2D eigenvalue weighted by molar-refractivity contribution is 6.23. The molecule has 2 aliphatic rings. The highest BCUT2D eigenvalue weighted by Gasteiger charge is 2.39. The first-order valence-electron chi connectivity index (χ1n) is 8.63. The van der Waals surface area contributed by atoms with Crippen LogP contribution in [0.15, 0.2) is 52.8 Å². The normalized spacial score (nSPS) is 22.0. The van der Waals surface area contributed by atoms with Gasteiger partial charge >= 0.3 is 0 Å². The van der Waals surface area contributed by atoms with Crippen LogP contribution in [-0.4, -0.2) is 49.3 Å². The molecule has 0 unspecified atom stereocenters. The fraction of sp³-hybridized carbons (Fsp3) is 0.400. The largest absolute Gasteiger partial charge is 0.361 e. The Morgan fingerprint density at radius 3 is 2.52 bits per heavy atom. The van der Waals surface area contributed by atoms with Crippen LogP contribution >= 0.6 is 0 Å². The number of amidine groups is 1. The van der Waals surface area contributed by atoms with Crippen LogP contribution in [0.5, 0.6) is 0 Å². The number of carbonyl (C=O) groups is 1. The lowest BCUT2D eigenvalue weighted by atomic mass is 9.83. The van der Waals surface area contributed by atoms with E-state index in [0.29, 0.717) is 11.4 Å². The van der Waals surface area contributed by atoms with E-state index in [0.717, 1.165) is 6.54 Å². The van der Waals surface area contributed by atoms with E-state index < -0.39 is 0 Å². The number of allylic oxidation sites excluding steroid dienone is 3. The summed E-state index contributed by atoms with van der Waals surface area (Å²) in [5.41, 5.74) is 4.29. The number of hydrazone groups is 1. The molecule has 0 spiro atoms. The average Bonchev–Trinajstić information content (AvgIpc) is 2.98. The summed E-state index contributed by atoms with van der Waals surface area (Å²) in [5.74, 6) is 0.623. The number of anilines is 1. The van der Waals surface area contributed by atoms with Crippen molar-refractivity contribution in [3.05, 3.63) is 53.3 Å². The van der Waals surface area contributed by atoms with Crippen molar-refractivity contribution in [3.8, 4) is 0 Å². The zero-order valence-electron chi connectivity index (χ0n) is 15.9. The van der Waals surface area contributed by atoms with Gasteiger partial charge in [0.1, 0.15) is 0 Å². The first kappa shape index (κ1) is 17.3. The highest BCUT2D eigenvalue weighted by atomic mass is 16.2. The molecule has 1 aromatic rings. The predicted octanol–water partition coefficient (Wildman–Crippen LogP) is 2.96. The smallest absolute Gasteiger partial charge is 0.277 e. The zero-order chi connectivity index (χ0) is 18.4. The Balaban J connectivity index is 2.07. The highest BCUT2D eigenvalue weighted by Crippen LogP contribution is 2.47. The molecular formula is C20H26N4O. The fourth-order valence-electron chi connectivity index (χ4n) is 3.63. The number of nitrogens with zero attached hydrogens (tertiary/aromatic N) is 4. The summed E-state index contributed by atoms with van der Waals surface area (Å²) in [6.45, 7) is 7.50. The Kier molecular flexibility index (Phi) is 4.19. The molecule has 5 heteroatoms. The third kappa shape index (κ3) is 2.64. The minimum Gasteiger partial charge on any atom is -0.361 e. The molecule has 5 nitrogen and oxygen atoms in total. The third-order valence-electron chi connectivity index (χ3n) is 4.96. The van der Waals surface area contributed by atoms with E-state index in [-0.39, 0.29) is 11.3 Å². The molecule has 0 aliphatic carbocycles. The minimum absolute atomic E-state index is 0.0723. The summed E-state index contributed by atoms with van der Waals surface area (Å²) < 4.78 is 0. The lowest BCUT2D eigenvalue weighted by Crippen LogP contribution is -2.26. The molecule has 1 aromatic carbocycles. The van der Waals surface area contributed by atoms with Crippen LogP contribution in [0.2, 0.25) is 0 Å². The van der Waals surface area contributed by atoms with Gasteiger partial charge in [-0.3, -0.25) is 4.79 Å². The second-order valence-corrected chi connectivity index (χ2v) is 7.17. The molecule has 0 saturated carbocycles. The van der Waals surface area contributed by atoms with E-state index in [9.17, 15) is 4.79 Å². The quantitative estimate of drug-likeness (QED) is 0.778. The standard InChI is InChI=1S/C20H26N4O/c1-7-24-16-11-9-8-10-15(16)20(2,3)17(24)13-12-14-18(22(4)5)21-23(6)19(14)25/h8-13H,7H2,1-6H3/b14-12+,17-13-. The summed E-state index contributed by atoms with van der Waals surface area (Å²) in [7, 11) is 5.49. The van der Waals surface area contributed by atoms with Gasteiger partial charge in [0.2, 0.25) is 0 Å². The molecule has 0 saturated heterocycles. The van der Waals surface area contributed by atoms with Gasteiger partial charge in [0, 0.05) is 44.5 Å². The number of likely N-dealkylation sites (N-methyl/N-ethyl adjacent to an activating group) is 3. The molecule has 2 aliphatic heterocycles. The number of amides is 1. The molecule has 0 bridgehead atoms. The second kappa shape index (κ2) is 6.06. The van der Waals surface area contributed by atoms with Gasteiger partial charge in [0.15, 0.2) is 5.84 Å².